The third-order valence-corrected chi connectivity index (χ3v) is 5.42. The van der Waals surface area contributed by atoms with E-state index in [9.17, 15) is 9.18 Å². The van der Waals surface area contributed by atoms with Crippen LogP contribution >= 0.6 is 0 Å². The molecule has 8 heteroatoms. The zero-order valence-electron chi connectivity index (χ0n) is 16.3. The molecule has 0 saturated carbocycles. The molecular formula is C22H21FN4O3. The van der Waals surface area contributed by atoms with Crippen LogP contribution in [0.4, 0.5) is 4.39 Å². The van der Waals surface area contributed by atoms with Crippen molar-refractivity contribution in [2.75, 3.05) is 13.2 Å². The summed E-state index contributed by atoms with van der Waals surface area (Å²) in [7, 11) is 0. The van der Waals surface area contributed by atoms with Crippen LogP contribution in [-0.2, 0) is 17.8 Å². The second kappa shape index (κ2) is 7.87. The van der Waals surface area contributed by atoms with Crippen LogP contribution in [0.1, 0.15) is 34.3 Å². The van der Waals surface area contributed by atoms with Crippen LogP contribution in [0.5, 0.6) is 5.88 Å². The fourth-order valence-corrected chi connectivity index (χ4v) is 3.88. The number of nitrogens with zero attached hydrogens (tertiary/aromatic N) is 4. The van der Waals surface area contributed by atoms with Crippen molar-refractivity contribution >= 4 is 5.91 Å². The molecule has 30 heavy (non-hydrogen) atoms. The summed E-state index contributed by atoms with van der Waals surface area (Å²) in [6.45, 7) is 2.15. The normalized spacial score (nSPS) is 18.1. The molecule has 1 unspecified atom stereocenters. The van der Waals surface area contributed by atoms with Crippen LogP contribution in [0.3, 0.4) is 0 Å². The number of hydrogen-bond acceptors (Lipinski definition) is 5. The Kier molecular flexibility index (Phi) is 4.92. The van der Waals surface area contributed by atoms with E-state index in [0.717, 1.165) is 36.3 Å². The number of benzene rings is 1. The van der Waals surface area contributed by atoms with Crippen molar-refractivity contribution in [3.05, 3.63) is 71.4 Å². The Balaban J connectivity index is 1.28. The van der Waals surface area contributed by atoms with Gasteiger partial charge in [0.25, 0.3) is 5.91 Å². The zero-order chi connectivity index (χ0) is 20.5. The Labute approximate surface area is 173 Å². The molecule has 154 valence electrons. The number of fused-ring (bicyclic) bond motifs is 1. The zero-order valence-corrected chi connectivity index (χ0v) is 16.3. The van der Waals surface area contributed by atoms with E-state index < -0.39 is 0 Å². The summed E-state index contributed by atoms with van der Waals surface area (Å²) in [5.74, 6) is -0.0872. The summed E-state index contributed by atoms with van der Waals surface area (Å²) in [5.41, 5.74) is 3.19. The Morgan fingerprint density at radius 3 is 2.83 bits per heavy atom. The lowest BCUT2D eigenvalue weighted by molar-refractivity contribution is 0.0643. The number of pyridine rings is 1. The third-order valence-electron chi connectivity index (χ3n) is 5.42. The molecule has 0 aliphatic carbocycles. The summed E-state index contributed by atoms with van der Waals surface area (Å²) in [5, 5.41) is 3.96. The number of amides is 1. The molecule has 0 N–H and O–H groups in total. The van der Waals surface area contributed by atoms with Crippen LogP contribution < -0.4 is 4.74 Å². The van der Waals surface area contributed by atoms with Crippen molar-refractivity contribution in [2.45, 2.75) is 32.0 Å². The van der Waals surface area contributed by atoms with Crippen LogP contribution in [0.25, 0.3) is 5.69 Å². The third kappa shape index (κ3) is 3.66. The highest BCUT2D eigenvalue weighted by molar-refractivity contribution is 6.00. The highest BCUT2D eigenvalue weighted by atomic mass is 19.1. The molecule has 4 heterocycles. The lowest BCUT2D eigenvalue weighted by Crippen LogP contribution is -2.24. The predicted molar refractivity (Wildman–Crippen MR) is 106 cm³/mol. The highest BCUT2D eigenvalue weighted by Gasteiger charge is 2.32. The van der Waals surface area contributed by atoms with Crippen molar-refractivity contribution in [1.29, 1.82) is 0 Å². The van der Waals surface area contributed by atoms with E-state index in [4.69, 9.17) is 9.47 Å². The maximum atomic E-state index is 13.2. The van der Waals surface area contributed by atoms with Gasteiger partial charge >= 0.3 is 0 Å². The molecule has 5 rings (SSSR count). The molecular weight excluding hydrogens is 387 g/mol. The lowest BCUT2D eigenvalue weighted by Gasteiger charge is -2.16. The number of aromatic nitrogens is 3. The van der Waals surface area contributed by atoms with E-state index >= 15 is 0 Å². The average Bonchev–Trinajstić information content (AvgIpc) is 3.49. The van der Waals surface area contributed by atoms with Gasteiger partial charge in [-0.05, 0) is 42.2 Å². The van der Waals surface area contributed by atoms with Crippen molar-refractivity contribution in [3.8, 4) is 11.6 Å². The van der Waals surface area contributed by atoms with Gasteiger partial charge in [0.05, 0.1) is 24.2 Å². The molecule has 0 spiro atoms. The van der Waals surface area contributed by atoms with Gasteiger partial charge in [0.2, 0.25) is 5.88 Å². The quantitative estimate of drug-likeness (QED) is 0.627. The number of rotatable bonds is 6. The molecule has 2 aromatic heterocycles. The molecule has 7 nitrogen and oxygen atoms in total. The first-order valence-corrected chi connectivity index (χ1v) is 9.98. The maximum absolute atomic E-state index is 13.2. The van der Waals surface area contributed by atoms with Gasteiger partial charge in [-0.3, -0.25) is 4.79 Å². The van der Waals surface area contributed by atoms with Crippen molar-refractivity contribution < 1.29 is 18.7 Å². The van der Waals surface area contributed by atoms with Crippen LogP contribution in [0.2, 0.25) is 0 Å². The second-order valence-electron chi connectivity index (χ2n) is 7.53. The highest BCUT2D eigenvalue weighted by Crippen LogP contribution is 2.30. The minimum Gasteiger partial charge on any atom is -0.474 e. The summed E-state index contributed by atoms with van der Waals surface area (Å²) in [4.78, 5) is 19.1. The first kappa shape index (κ1) is 18.7. The Morgan fingerprint density at radius 2 is 2.10 bits per heavy atom. The average molecular weight is 408 g/mol. The van der Waals surface area contributed by atoms with Crippen LogP contribution in [0.15, 0.2) is 48.9 Å². The van der Waals surface area contributed by atoms with Gasteiger partial charge in [-0.2, -0.15) is 5.10 Å². The summed E-state index contributed by atoms with van der Waals surface area (Å²) < 4.78 is 26.1. The van der Waals surface area contributed by atoms with E-state index in [-0.39, 0.29) is 17.8 Å². The van der Waals surface area contributed by atoms with Gasteiger partial charge in [-0.1, -0.05) is 12.1 Å². The predicted octanol–water partition coefficient (Wildman–Crippen LogP) is 3.12. The number of carbonyl (C=O) groups is 1. The van der Waals surface area contributed by atoms with Gasteiger partial charge in [-0.15, -0.1) is 0 Å². The van der Waals surface area contributed by atoms with Gasteiger partial charge in [0.15, 0.2) is 5.82 Å². The van der Waals surface area contributed by atoms with E-state index in [0.29, 0.717) is 31.1 Å². The Morgan fingerprint density at radius 1 is 1.23 bits per heavy atom. The van der Waals surface area contributed by atoms with Crippen LogP contribution in [0, 0.1) is 5.82 Å². The molecule has 1 aromatic carbocycles. The smallest absolute Gasteiger partial charge is 0.260 e. The minimum atomic E-state index is -0.384. The van der Waals surface area contributed by atoms with Gasteiger partial charge in [0, 0.05) is 25.9 Å². The molecule has 2 aliphatic rings. The molecule has 1 fully saturated rings. The van der Waals surface area contributed by atoms with Crippen molar-refractivity contribution in [3.63, 3.8) is 0 Å². The van der Waals surface area contributed by atoms with Crippen molar-refractivity contribution in [2.24, 2.45) is 0 Å². The first-order chi connectivity index (χ1) is 14.7. The van der Waals surface area contributed by atoms with E-state index in [1.165, 1.54) is 17.1 Å². The van der Waals surface area contributed by atoms with E-state index in [2.05, 4.69) is 10.1 Å². The number of halogens is 1. The summed E-state index contributed by atoms with van der Waals surface area (Å²) in [6.07, 6.45) is 6.24. The Hall–Kier alpha value is -3.26. The van der Waals surface area contributed by atoms with Gasteiger partial charge in [-0.25, -0.2) is 14.1 Å². The lowest BCUT2D eigenvalue weighted by atomic mass is 10.2. The van der Waals surface area contributed by atoms with E-state index in [1.54, 1.807) is 11.1 Å². The summed E-state index contributed by atoms with van der Waals surface area (Å²) in [6, 6.07) is 9.40. The number of carbonyl (C=O) groups excluding carboxylic acids is 1. The molecule has 0 radical (unpaired) electrons. The molecule has 2 aliphatic heterocycles. The first-order valence-electron chi connectivity index (χ1n) is 9.98. The monoisotopic (exact) mass is 408 g/mol. The molecule has 1 atom stereocenters. The maximum Gasteiger partial charge on any atom is 0.260 e. The molecule has 3 aromatic rings. The van der Waals surface area contributed by atoms with E-state index in [1.807, 2.05) is 30.3 Å². The molecule has 1 amide bonds. The summed E-state index contributed by atoms with van der Waals surface area (Å²) >= 11 is 0. The minimum absolute atomic E-state index is 0.0667. The number of hydrogen-bond donors (Lipinski definition) is 0. The van der Waals surface area contributed by atoms with Crippen LogP contribution in [-0.4, -0.2) is 44.9 Å². The van der Waals surface area contributed by atoms with Crippen molar-refractivity contribution in [1.82, 2.24) is 19.7 Å². The SMILES string of the molecule is O=C1c2c(ccnc2OCC2CCCO2)CN1Cc1ccc(-n2cc(F)cn2)cc1. The Bertz CT molecular complexity index is 1060. The number of ether oxygens (including phenoxy) is 2. The topological polar surface area (TPSA) is 69.5 Å². The fraction of sp³-hybridized carbons (Fsp3) is 0.318. The molecule has 1 saturated heterocycles. The van der Waals surface area contributed by atoms with Gasteiger partial charge in [0.1, 0.15) is 12.2 Å². The van der Waals surface area contributed by atoms with Gasteiger partial charge < -0.3 is 14.4 Å². The largest absolute Gasteiger partial charge is 0.474 e. The molecule has 0 bridgehead atoms. The standard InChI is InChI=1S/C22H21FN4O3/c23-17-10-25-27(13-17)18-5-3-15(4-6-18)11-26-12-16-7-8-24-21(20(16)22(26)28)30-14-19-2-1-9-29-19/h3-8,10,13,19H,1-2,9,11-12,14H2. The fourth-order valence-electron chi connectivity index (χ4n) is 3.88. The second-order valence-corrected chi connectivity index (χ2v) is 7.53.